The molecule has 1 unspecified atom stereocenters. The number of hydrazine groups is 1. The average molecular weight is 237 g/mol. The van der Waals surface area contributed by atoms with Crippen LogP contribution in [0.2, 0.25) is 0 Å². The van der Waals surface area contributed by atoms with Crippen LogP contribution in [-0.4, -0.2) is 22.1 Å². The summed E-state index contributed by atoms with van der Waals surface area (Å²) in [5.74, 6) is 5.91. The lowest BCUT2D eigenvalue weighted by Gasteiger charge is -2.15. The lowest BCUT2D eigenvalue weighted by molar-refractivity contribution is 0.0930. The molecule has 0 saturated heterocycles. The van der Waals surface area contributed by atoms with Gasteiger partial charge in [0.15, 0.2) is 11.5 Å². The van der Waals surface area contributed by atoms with E-state index in [1.807, 2.05) is 6.92 Å². The Balaban J connectivity index is 2.57. The molecule has 6 nitrogen and oxygen atoms in total. The number of aromatic nitrogens is 2. The van der Waals surface area contributed by atoms with Gasteiger partial charge in [0.1, 0.15) is 0 Å². The molecule has 1 atom stereocenters. The molecule has 0 radical (unpaired) electrons. The van der Waals surface area contributed by atoms with Gasteiger partial charge < -0.3 is 10.7 Å². The van der Waals surface area contributed by atoms with Crippen molar-refractivity contribution < 1.29 is 4.79 Å². The Bertz CT molecular complexity index is 363. The molecule has 4 N–H and O–H groups in total. The summed E-state index contributed by atoms with van der Waals surface area (Å²) >= 11 is 0. The molecule has 6 heteroatoms. The third-order valence-corrected chi connectivity index (χ3v) is 2.25. The van der Waals surface area contributed by atoms with Crippen LogP contribution < -0.4 is 16.6 Å². The fourth-order valence-corrected chi connectivity index (χ4v) is 1.59. The highest BCUT2D eigenvalue weighted by Gasteiger charge is 2.12. The second-order valence-electron chi connectivity index (χ2n) is 4.45. The van der Waals surface area contributed by atoms with Crippen molar-refractivity contribution in [2.24, 2.45) is 11.8 Å². The van der Waals surface area contributed by atoms with Crippen molar-refractivity contribution in [2.45, 2.75) is 33.2 Å². The molecule has 0 bridgehead atoms. The Kier molecular flexibility index (Phi) is 4.84. The van der Waals surface area contributed by atoms with Crippen molar-refractivity contribution in [3.63, 3.8) is 0 Å². The first kappa shape index (κ1) is 13.4. The maximum atomic E-state index is 11.8. The van der Waals surface area contributed by atoms with Crippen molar-refractivity contribution in [2.75, 3.05) is 5.43 Å². The Labute approximate surface area is 101 Å². The minimum Gasteiger partial charge on any atom is -0.348 e. The van der Waals surface area contributed by atoms with E-state index >= 15 is 0 Å². The SMILES string of the molecule is CC(C)CC(C)NC(=O)c1ccc(NN)nn1. The van der Waals surface area contributed by atoms with Gasteiger partial charge in [0.25, 0.3) is 5.91 Å². The van der Waals surface area contributed by atoms with Gasteiger partial charge in [-0.1, -0.05) is 13.8 Å². The van der Waals surface area contributed by atoms with E-state index in [1.54, 1.807) is 12.1 Å². The van der Waals surface area contributed by atoms with Gasteiger partial charge in [0.05, 0.1) is 0 Å². The topological polar surface area (TPSA) is 92.9 Å². The quantitative estimate of drug-likeness (QED) is 0.523. The van der Waals surface area contributed by atoms with Crippen LogP contribution in [0.15, 0.2) is 12.1 Å². The van der Waals surface area contributed by atoms with Crippen molar-refractivity contribution >= 4 is 11.7 Å². The highest BCUT2D eigenvalue weighted by atomic mass is 16.2. The van der Waals surface area contributed by atoms with E-state index in [0.29, 0.717) is 17.4 Å². The van der Waals surface area contributed by atoms with Crippen LogP contribution in [0.3, 0.4) is 0 Å². The molecule has 94 valence electrons. The summed E-state index contributed by atoms with van der Waals surface area (Å²) in [4.78, 5) is 11.8. The molecule has 1 heterocycles. The van der Waals surface area contributed by atoms with E-state index in [4.69, 9.17) is 5.84 Å². The second-order valence-corrected chi connectivity index (χ2v) is 4.45. The number of anilines is 1. The van der Waals surface area contributed by atoms with Crippen LogP contribution in [-0.2, 0) is 0 Å². The number of nitrogens with two attached hydrogens (primary N) is 1. The molecule has 1 rings (SSSR count). The van der Waals surface area contributed by atoms with Gasteiger partial charge in [-0.05, 0) is 31.4 Å². The standard InChI is InChI=1S/C11H19N5O/c1-7(2)6-8(3)13-11(17)9-4-5-10(14-12)16-15-9/h4-5,7-8H,6,12H2,1-3H3,(H,13,17)(H,14,16). The number of rotatable bonds is 5. The number of carbonyl (C=O) groups is 1. The van der Waals surface area contributed by atoms with Crippen molar-refractivity contribution in [3.8, 4) is 0 Å². The van der Waals surface area contributed by atoms with Gasteiger partial charge >= 0.3 is 0 Å². The van der Waals surface area contributed by atoms with Crippen molar-refractivity contribution in [3.05, 3.63) is 17.8 Å². The van der Waals surface area contributed by atoms with Gasteiger partial charge in [-0.15, -0.1) is 10.2 Å². The molecule has 0 saturated carbocycles. The Hall–Kier alpha value is -1.69. The lowest BCUT2D eigenvalue weighted by atomic mass is 10.1. The molecule has 1 amide bonds. The summed E-state index contributed by atoms with van der Waals surface area (Å²) < 4.78 is 0. The Morgan fingerprint density at radius 3 is 2.53 bits per heavy atom. The molecular weight excluding hydrogens is 218 g/mol. The van der Waals surface area contributed by atoms with E-state index in [0.717, 1.165) is 6.42 Å². The number of amides is 1. The smallest absolute Gasteiger partial charge is 0.272 e. The fourth-order valence-electron chi connectivity index (χ4n) is 1.59. The van der Waals surface area contributed by atoms with E-state index in [9.17, 15) is 4.79 Å². The summed E-state index contributed by atoms with van der Waals surface area (Å²) in [5.41, 5.74) is 2.65. The highest BCUT2D eigenvalue weighted by molar-refractivity contribution is 5.92. The van der Waals surface area contributed by atoms with Gasteiger partial charge in [-0.25, -0.2) is 5.84 Å². The van der Waals surface area contributed by atoms with Crippen LogP contribution >= 0.6 is 0 Å². The van der Waals surface area contributed by atoms with Crippen LogP contribution in [0.5, 0.6) is 0 Å². The van der Waals surface area contributed by atoms with Crippen LogP contribution in [0.25, 0.3) is 0 Å². The van der Waals surface area contributed by atoms with Gasteiger partial charge in [-0.3, -0.25) is 4.79 Å². The van der Waals surface area contributed by atoms with E-state index in [2.05, 4.69) is 34.8 Å². The zero-order valence-electron chi connectivity index (χ0n) is 10.4. The number of carbonyl (C=O) groups excluding carboxylic acids is 1. The van der Waals surface area contributed by atoms with Crippen LogP contribution in [0, 0.1) is 5.92 Å². The lowest BCUT2D eigenvalue weighted by Crippen LogP contribution is -2.34. The molecular formula is C11H19N5O. The molecule has 0 aliphatic heterocycles. The first-order chi connectivity index (χ1) is 8.02. The molecule has 0 aliphatic carbocycles. The van der Waals surface area contributed by atoms with Crippen molar-refractivity contribution in [1.29, 1.82) is 0 Å². The summed E-state index contributed by atoms with van der Waals surface area (Å²) in [7, 11) is 0. The molecule has 0 fully saturated rings. The largest absolute Gasteiger partial charge is 0.348 e. The van der Waals surface area contributed by atoms with Crippen LogP contribution in [0.1, 0.15) is 37.7 Å². The summed E-state index contributed by atoms with van der Waals surface area (Å²) in [6, 6.07) is 3.31. The average Bonchev–Trinajstić information content (AvgIpc) is 2.28. The molecule has 0 aliphatic rings. The maximum absolute atomic E-state index is 11.8. The van der Waals surface area contributed by atoms with Crippen LogP contribution in [0.4, 0.5) is 5.82 Å². The number of hydrogen-bond donors (Lipinski definition) is 3. The number of nitrogens with one attached hydrogen (secondary N) is 2. The number of nitrogen functional groups attached to an aromatic ring is 1. The molecule has 0 aromatic carbocycles. The summed E-state index contributed by atoms with van der Waals surface area (Å²) in [6.45, 7) is 6.20. The first-order valence-electron chi connectivity index (χ1n) is 5.64. The number of hydrogen-bond acceptors (Lipinski definition) is 5. The molecule has 1 aromatic rings. The second kappa shape index (κ2) is 6.15. The number of nitrogens with zero attached hydrogens (tertiary/aromatic N) is 2. The van der Waals surface area contributed by atoms with Gasteiger partial charge in [-0.2, -0.15) is 0 Å². The maximum Gasteiger partial charge on any atom is 0.272 e. The molecule has 0 spiro atoms. The monoisotopic (exact) mass is 237 g/mol. The predicted molar refractivity (Wildman–Crippen MR) is 66.2 cm³/mol. The summed E-state index contributed by atoms with van der Waals surface area (Å²) in [5, 5.41) is 10.4. The van der Waals surface area contributed by atoms with Crippen molar-refractivity contribution in [1.82, 2.24) is 15.5 Å². The van der Waals surface area contributed by atoms with E-state index < -0.39 is 0 Å². The van der Waals surface area contributed by atoms with Gasteiger partial charge in [0, 0.05) is 6.04 Å². The zero-order chi connectivity index (χ0) is 12.8. The third-order valence-electron chi connectivity index (χ3n) is 2.25. The van der Waals surface area contributed by atoms with E-state index in [1.165, 1.54) is 0 Å². The Morgan fingerprint density at radius 1 is 1.35 bits per heavy atom. The fraction of sp³-hybridized carbons (Fsp3) is 0.545. The normalized spacial score (nSPS) is 12.3. The highest BCUT2D eigenvalue weighted by Crippen LogP contribution is 2.05. The molecule has 17 heavy (non-hydrogen) atoms. The van der Waals surface area contributed by atoms with Gasteiger partial charge in [0.2, 0.25) is 0 Å². The molecule has 1 aromatic heterocycles. The zero-order valence-corrected chi connectivity index (χ0v) is 10.4. The minimum atomic E-state index is -0.214. The predicted octanol–water partition coefficient (Wildman–Crippen LogP) is 0.927. The first-order valence-corrected chi connectivity index (χ1v) is 5.64. The summed E-state index contributed by atoms with van der Waals surface area (Å²) in [6.07, 6.45) is 0.932. The third kappa shape index (κ3) is 4.36. The van der Waals surface area contributed by atoms with E-state index in [-0.39, 0.29) is 11.9 Å². The minimum absolute atomic E-state index is 0.122. The Morgan fingerprint density at radius 2 is 2.06 bits per heavy atom.